The molecule has 0 fully saturated rings. The summed E-state index contributed by atoms with van der Waals surface area (Å²) in [6, 6.07) is 25.5. The molecule has 33 heavy (non-hydrogen) atoms. The molecule has 0 unspecified atom stereocenters. The number of rotatable bonds is 8. The molecule has 4 aromatic rings. The average Bonchev–Trinajstić information content (AvgIpc) is 3.26. The van der Waals surface area contributed by atoms with Crippen LogP contribution in [0, 0.1) is 0 Å². The Hall–Kier alpha value is -3.29. The summed E-state index contributed by atoms with van der Waals surface area (Å²) in [5.74, 6) is 0.871. The summed E-state index contributed by atoms with van der Waals surface area (Å²) in [7, 11) is 4.00. The van der Waals surface area contributed by atoms with E-state index in [1.807, 2.05) is 102 Å². The second-order valence-corrected chi connectivity index (χ2v) is 8.99. The number of nitrogens with one attached hydrogen (secondary N) is 1. The molecule has 4 rings (SSSR count). The molecular weight excluding hydrogens is 454 g/mol. The second-order valence-electron chi connectivity index (χ2n) is 7.61. The van der Waals surface area contributed by atoms with Crippen molar-refractivity contribution in [3.05, 3.63) is 89.4 Å². The van der Waals surface area contributed by atoms with E-state index in [4.69, 9.17) is 11.6 Å². The molecule has 168 valence electrons. The molecule has 1 N–H and O–H groups in total. The van der Waals surface area contributed by atoms with Gasteiger partial charge in [-0.15, -0.1) is 10.2 Å². The monoisotopic (exact) mass is 477 g/mol. The fourth-order valence-corrected chi connectivity index (χ4v) is 4.16. The molecule has 0 aliphatic carbocycles. The molecule has 8 heteroatoms. The van der Waals surface area contributed by atoms with Gasteiger partial charge in [0.05, 0.1) is 5.75 Å². The number of amides is 1. The highest BCUT2D eigenvalue weighted by atomic mass is 35.5. The fraction of sp³-hybridized carbons (Fsp3) is 0.160. The van der Waals surface area contributed by atoms with E-state index in [-0.39, 0.29) is 11.7 Å². The zero-order chi connectivity index (χ0) is 23.2. The van der Waals surface area contributed by atoms with E-state index in [0.29, 0.717) is 22.5 Å². The molecule has 0 aliphatic rings. The molecule has 0 radical (unpaired) electrons. The van der Waals surface area contributed by atoms with E-state index in [0.717, 1.165) is 22.5 Å². The van der Waals surface area contributed by atoms with Gasteiger partial charge in [-0.25, -0.2) is 0 Å². The number of hydrogen-bond acceptors (Lipinski definition) is 5. The minimum Gasteiger partial charge on any atom is -0.378 e. The van der Waals surface area contributed by atoms with E-state index in [1.54, 1.807) is 0 Å². The van der Waals surface area contributed by atoms with Gasteiger partial charge < -0.3 is 10.2 Å². The van der Waals surface area contributed by atoms with Crippen molar-refractivity contribution in [1.29, 1.82) is 0 Å². The van der Waals surface area contributed by atoms with Crippen molar-refractivity contribution in [1.82, 2.24) is 20.1 Å². The smallest absolute Gasteiger partial charge is 0.230 e. The van der Waals surface area contributed by atoms with Crippen molar-refractivity contribution in [2.45, 2.75) is 11.7 Å². The largest absolute Gasteiger partial charge is 0.378 e. The van der Waals surface area contributed by atoms with Crippen LogP contribution in [0.15, 0.2) is 84.0 Å². The number of benzene rings is 3. The topological polar surface area (TPSA) is 63.1 Å². The molecule has 1 heterocycles. The van der Waals surface area contributed by atoms with Crippen LogP contribution in [0.3, 0.4) is 0 Å². The predicted molar refractivity (Wildman–Crippen MR) is 135 cm³/mol. The van der Waals surface area contributed by atoms with Gasteiger partial charge >= 0.3 is 0 Å². The van der Waals surface area contributed by atoms with E-state index < -0.39 is 0 Å². The summed E-state index contributed by atoms with van der Waals surface area (Å²) in [5, 5.41) is 13.1. The average molecular weight is 478 g/mol. The van der Waals surface area contributed by atoms with Gasteiger partial charge in [0.15, 0.2) is 11.0 Å². The number of para-hydroxylation sites is 1. The van der Waals surface area contributed by atoms with Gasteiger partial charge in [0.2, 0.25) is 5.91 Å². The fourth-order valence-electron chi connectivity index (χ4n) is 3.25. The van der Waals surface area contributed by atoms with Crippen LogP contribution < -0.4 is 10.2 Å². The molecular formula is C25H24ClN5OS. The Balaban J connectivity index is 1.46. The Kier molecular flexibility index (Phi) is 7.32. The molecule has 1 aromatic heterocycles. The Morgan fingerprint density at radius 1 is 0.970 bits per heavy atom. The van der Waals surface area contributed by atoms with Crippen molar-refractivity contribution in [3.8, 4) is 17.1 Å². The van der Waals surface area contributed by atoms with Gasteiger partial charge in [-0.2, -0.15) is 0 Å². The third-order valence-electron chi connectivity index (χ3n) is 5.02. The summed E-state index contributed by atoms with van der Waals surface area (Å²) in [4.78, 5) is 14.6. The van der Waals surface area contributed by atoms with E-state index in [1.165, 1.54) is 11.8 Å². The third kappa shape index (κ3) is 5.74. The van der Waals surface area contributed by atoms with Gasteiger partial charge in [0, 0.05) is 42.6 Å². The summed E-state index contributed by atoms with van der Waals surface area (Å²) in [5.41, 5.74) is 4.00. The molecule has 3 aromatic carbocycles. The number of nitrogens with zero attached hydrogens (tertiary/aromatic N) is 4. The maximum Gasteiger partial charge on any atom is 0.230 e. The van der Waals surface area contributed by atoms with Crippen LogP contribution in [0.1, 0.15) is 5.56 Å². The molecule has 0 bridgehead atoms. The van der Waals surface area contributed by atoms with Crippen LogP contribution in [0.25, 0.3) is 17.1 Å². The molecule has 0 saturated carbocycles. The second kappa shape index (κ2) is 10.6. The molecule has 1 amide bonds. The lowest BCUT2D eigenvalue weighted by molar-refractivity contribution is -0.118. The van der Waals surface area contributed by atoms with Gasteiger partial charge in [0.25, 0.3) is 0 Å². The van der Waals surface area contributed by atoms with Crippen LogP contribution in [0.4, 0.5) is 5.69 Å². The number of anilines is 1. The van der Waals surface area contributed by atoms with Crippen LogP contribution in [-0.4, -0.2) is 40.5 Å². The number of thioether (sulfide) groups is 1. The first-order chi connectivity index (χ1) is 16.0. The Bertz CT molecular complexity index is 1210. The number of halogens is 1. The Morgan fingerprint density at radius 2 is 1.67 bits per heavy atom. The predicted octanol–water partition coefficient (Wildman–Crippen LogP) is 5.06. The van der Waals surface area contributed by atoms with E-state index >= 15 is 0 Å². The van der Waals surface area contributed by atoms with Gasteiger partial charge in [-0.05, 0) is 54.1 Å². The van der Waals surface area contributed by atoms with Gasteiger partial charge in [-0.1, -0.05) is 53.7 Å². The van der Waals surface area contributed by atoms with Crippen LogP contribution in [-0.2, 0) is 11.3 Å². The summed E-state index contributed by atoms with van der Waals surface area (Å²) in [6.45, 7) is 0.481. The first-order valence-electron chi connectivity index (χ1n) is 10.4. The third-order valence-corrected chi connectivity index (χ3v) is 6.21. The molecule has 0 saturated heterocycles. The lowest BCUT2D eigenvalue weighted by Crippen LogP contribution is -2.24. The minimum absolute atomic E-state index is 0.0626. The normalized spacial score (nSPS) is 10.8. The summed E-state index contributed by atoms with van der Waals surface area (Å²) < 4.78 is 1.96. The van der Waals surface area contributed by atoms with E-state index in [9.17, 15) is 4.79 Å². The summed E-state index contributed by atoms with van der Waals surface area (Å²) >= 11 is 7.40. The highest BCUT2D eigenvalue weighted by Crippen LogP contribution is 2.28. The van der Waals surface area contributed by atoms with Crippen molar-refractivity contribution in [2.75, 3.05) is 24.7 Å². The molecule has 6 nitrogen and oxygen atoms in total. The number of hydrogen-bond donors (Lipinski definition) is 1. The van der Waals surface area contributed by atoms with E-state index in [2.05, 4.69) is 15.5 Å². The maximum atomic E-state index is 12.5. The lowest BCUT2D eigenvalue weighted by Gasteiger charge is -2.13. The number of carbonyl (C=O) groups excluding carboxylic acids is 1. The van der Waals surface area contributed by atoms with Crippen molar-refractivity contribution < 1.29 is 4.79 Å². The zero-order valence-electron chi connectivity index (χ0n) is 18.4. The molecule has 0 spiro atoms. The van der Waals surface area contributed by atoms with Gasteiger partial charge in [0.1, 0.15) is 0 Å². The first kappa shape index (κ1) is 22.9. The molecule has 0 aliphatic heterocycles. The Labute approximate surface area is 202 Å². The SMILES string of the molecule is CN(C)c1ccc(CNC(=O)CSc2nnc(-c3ccc(Cl)cc3)n2-c2ccccc2)cc1. The summed E-state index contributed by atoms with van der Waals surface area (Å²) in [6.07, 6.45) is 0. The quantitative estimate of drug-likeness (QED) is 0.359. The van der Waals surface area contributed by atoms with Crippen LogP contribution in [0.5, 0.6) is 0 Å². The lowest BCUT2D eigenvalue weighted by atomic mass is 10.2. The number of aromatic nitrogens is 3. The van der Waals surface area contributed by atoms with Crippen molar-refractivity contribution in [2.24, 2.45) is 0 Å². The van der Waals surface area contributed by atoms with Crippen LogP contribution >= 0.6 is 23.4 Å². The first-order valence-corrected chi connectivity index (χ1v) is 11.8. The maximum absolute atomic E-state index is 12.5. The number of carbonyl (C=O) groups is 1. The van der Waals surface area contributed by atoms with Crippen molar-refractivity contribution >= 4 is 35.0 Å². The standard InChI is InChI=1S/C25H24ClN5OS/c1-30(2)21-14-8-18(9-15-21)16-27-23(32)17-33-25-29-28-24(19-10-12-20(26)13-11-19)31(25)22-6-4-3-5-7-22/h3-15H,16-17H2,1-2H3,(H,27,32). The highest BCUT2D eigenvalue weighted by Gasteiger charge is 2.17. The Morgan fingerprint density at radius 3 is 2.33 bits per heavy atom. The molecule has 0 atom stereocenters. The van der Waals surface area contributed by atoms with Crippen molar-refractivity contribution in [3.63, 3.8) is 0 Å². The van der Waals surface area contributed by atoms with Gasteiger partial charge in [-0.3, -0.25) is 9.36 Å². The zero-order valence-corrected chi connectivity index (χ0v) is 20.0. The minimum atomic E-state index is -0.0626. The highest BCUT2D eigenvalue weighted by molar-refractivity contribution is 7.99. The van der Waals surface area contributed by atoms with Crippen LogP contribution in [0.2, 0.25) is 5.02 Å².